The lowest BCUT2D eigenvalue weighted by Gasteiger charge is -2.41. The van der Waals surface area contributed by atoms with Crippen molar-refractivity contribution in [2.45, 2.75) is 70.4 Å². The molecule has 0 spiro atoms. The number of nitrogens with zero attached hydrogens (tertiary/aromatic N) is 2. The summed E-state index contributed by atoms with van der Waals surface area (Å²) in [7, 11) is 1.95. The molecule has 1 fully saturated rings. The summed E-state index contributed by atoms with van der Waals surface area (Å²) in [6, 6.07) is -0.0321. The third-order valence-electron chi connectivity index (χ3n) is 4.72. The van der Waals surface area contributed by atoms with Crippen LogP contribution in [0.1, 0.15) is 57.3 Å². The molecule has 4 nitrogen and oxygen atoms in total. The Bertz CT molecular complexity index is 461. The quantitative estimate of drug-likeness (QED) is 0.877. The van der Waals surface area contributed by atoms with Gasteiger partial charge in [-0.3, -0.25) is 4.68 Å². The Labute approximate surface area is 133 Å². The van der Waals surface area contributed by atoms with E-state index in [1.165, 1.54) is 19.3 Å². The van der Waals surface area contributed by atoms with Crippen LogP contribution in [-0.4, -0.2) is 28.0 Å². The first-order chi connectivity index (χ1) is 10.0. The van der Waals surface area contributed by atoms with Crippen LogP contribution in [0, 0.1) is 0 Å². The van der Waals surface area contributed by atoms with E-state index < -0.39 is 0 Å². The van der Waals surface area contributed by atoms with Crippen molar-refractivity contribution in [3.63, 3.8) is 0 Å². The van der Waals surface area contributed by atoms with Crippen LogP contribution in [0.25, 0.3) is 0 Å². The van der Waals surface area contributed by atoms with Crippen LogP contribution in [0.15, 0.2) is 0 Å². The van der Waals surface area contributed by atoms with Crippen molar-refractivity contribution < 1.29 is 4.74 Å². The fourth-order valence-corrected chi connectivity index (χ4v) is 3.87. The fourth-order valence-electron chi connectivity index (χ4n) is 3.50. The van der Waals surface area contributed by atoms with Crippen LogP contribution in [-0.2, 0) is 24.6 Å². The molecule has 1 aromatic heterocycles. The summed E-state index contributed by atoms with van der Waals surface area (Å²) in [6.45, 7) is 4.84. The zero-order valence-corrected chi connectivity index (χ0v) is 14.2. The molecule has 0 aliphatic heterocycles. The zero-order valence-electron chi connectivity index (χ0n) is 13.5. The summed E-state index contributed by atoms with van der Waals surface area (Å²) in [5.41, 5.74) is 8.36. The molecule has 0 amide bonds. The van der Waals surface area contributed by atoms with E-state index in [0.717, 1.165) is 42.1 Å². The van der Waals surface area contributed by atoms with Crippen molar-refractivity contribution in [3.05, 3.63) is 16.4 Å². The molecule has 0 radical (unpaired) electrons. The summed E-state index contributed by atoms with van der Waals surface area (Å²) in [6.07, 6.45) is 7.37. The minimum absolute atomic E-state index is 0.0321. The SMILES string of the molecule is CCOC1(C(N)Cc2c(Cl)c(CC)nn2C)CCCCC1. The number of ether oxygens (including phenoxy) is 1. The number of halogens is 1. The number of hydrogen-bond acceptors (Lipinski definition) is 3. The molecule has 0 saturated heterocycles. The van der Waals surface area contributed by atoms with Crippen LogP contribution in [0.3, 0.4) is 0 Å². The maximum absolute atomic E-state index is 6.57. The van der Waals surface area contributed by atoms with Gasteiger partial charge in [0.1, 0.15) is 0 Å². The molecule has 1 aliphatic carbocycles. The minimum Gasteiger partial charge on any atom is -0.374 e. The van der Waals surface area contributed by atoms with Crippen LogP contribution in [0.4, 0.5) is 0 Å². The predicted molar refractivity (Wildman–Crippen MR) is 86.7 cm³/mol. The van der Waals surface area contributed by atoms with Crippen LogP contribution < -0.4 is 5.73 Å². The van der Waals surface area contributed by atoms with Crippen LogP contribution in [0.5, 0.6) is 0 Å². The molecule has 2 rings (SSSR count). The van der Waals surface area contributed by atoms with E-state index in [0.29, 0.717) is 6.61 Å². The van der Waals surface area contributed by atoms with E-state index in [1.807, 2.05) is 11.7 Å². The molecule has 1 unspecified atom stereocenters. The third kappa shape index (κ3) is 3.43. The van der Waals surface area contributed by atoms with Gasteiger partial charge in [0.25, 0.3) is 0 Å². The maximum Gasteiger partial charge on any atom is 0.0850 e. The molecule has 1 atom stereocenters. The van der Waals surface area contributed by atoms with E-state index in [9.17, 15) is 0 Å². The average Bonchev–Trinajstić information content (AvgIpc) is 2.76. The molecule has 0 bridgehead atoms. The molecule has 21 heavy (non-hydrogen) atoms. The Hall–Kier alpha value is -0.580. The summed E-state index contributed by atoms with van der Waals surface area (Å²) in [5, 5.41) is 5.26. The Kier molecular flexibility index (Phi) is 5.69. The molecule has 1 saturated carbocycles. The van der Waals surface area contributed by atoms with E-state index in [1.54, 1.807) is 0 Å². The highest BCUT2D eigenvalue weighted by Gasteiger charge is 2.39. The number of hydrogen-bond donors (Lipinski definition) is 1. The first-order valence-electron chi connectivity index (χ1n) is 8.13. The number of aryl methyl sites for hydroxylation is 2. The fraction of sp³-hybridized carbons (Fsp3) is 0.812. The normalized spacial score (nSPS) is 19.7. The van der Waals surface area contributed by atoms with Gasteiger partial charge in [0, 0.05) is 26.1 Å². The van der Waals surface area contributed by atoms with Gasteiger partial charge < -0.3 is 10.5 Å². The summed E-state index contributed by atoms with van der Waals surface area (Å²) >= 11 is 6.46. The van der Waals surface area contributed by atoms with Crippen molar-refractivity contribution in [3.8, 4) is 0 Å². The van der Waals surface area contributed by atoms with E-state index in [4.69, 9.17) is 22.1 Å². The average molecular weight is 314 g/mol. The molecular formula is C16H28ClN3O. The van der Waals surface area contributed by atoms with Gasteiger partial charge in [0.2, 0.25) is 0 Å². The smallest absolute Gasteiger partial charge is 0.0850 e. The molecule has 1 aromatic rings. The first kappa shape index (κ1) is 16.8. The number of aromatic nitrogens is 2. The third-order valence-corrected chi connectivity index (χ3v) is 5.16. The standard InChI is InChI=1S/C16H28ClN3O/c1-4-12-15(17)13(20(3)19-12)11-14(18)16(21-5-2)9-7-6-8-10-16/h14H,4-11,18H2,1-3H3. The number of rotatable bonds is 6. The van der Waals surface area contributed by atoms with Crippen LogP contribution >= 0.6 is 11.6 Å². The highest BCUT2D eigenvalue weighted by molar-refractivity contribution is 6.31. The van der Waals surface area contributed by atoms with Crippen LogP contribution in [0.2, 0.25) is 5.02 Å². The second-order valence-corrected chi connectivity index (χ2v) is 6.43. The lowest BCUT2D eigenvalue weighted by molar-refractivity contribution is -0.0820. The van der Waals surface area contributed by atoms with E-state index in [-0.39, 0.29) is 11.6 Å². The Morgan fingerprint density at radius 1 is 1.33 bits per heavy atom. The maximum atomic E-state index is 6.57. The number of nitrogens with two attached hydrogens (primary N) is 1. The second kappa shape index (κ2) is 7.12. The van der Waals surface area contributed by atoms with Gasteiger partial charge in [0.05, 0.1) is 22.0 Å². The summed E-state index contributed by atoms with van der Waals surface area (Å²) in [5.74, 6) is 0. The largest absolute Gasteiger partial charge is 0.374 e. The molecule has 2 N–H and O–H groups in total. The summed E-state index contributed by atoms with van der Waals surface area (Å²) in [4.78, 5) is 0. The zero-order chi connectivity index (χ0) is 15.5. The van der Waals surface area contributed by atoms with Gasteiger partial charge >= 0.3 is 0 Å². The minimum atomic E-state index is -0.188. The Morgan fingerprint density at radius 2 is 2.00 bits per heavy atom. The van der Waals surface area contributed by atoms with E-state index >= 15 is 0 Å². The lowest BCUT2D eigenvalue weighted by atomic mass is 9.78. The summed E-state index contributed by atoms with van der Waals surface area (Å²) < 4.78 is 8.00. The Morgan fingerprint density at radius 3 is 2.52 bits per heavy atom. The second-order valence-electron chi connectivity index (χ2n) is 6.05. The first-order valence-corrected chi connectivity index (χ1v) is 8.51. The van der Waals surface area contributed by atoms with Crippen molar-refractivity contribution in [2.75, 3.05) is 6.61 Å². The molecule has 1 heterocycles. The van der Waals surface area contributed by atoms with Crippen molar-refractivity contribution >= 4 is 11.6 Å². The highest BCUT2D eigenvalue weighted by Crippen LogP contribution is 2.36. The predicted octanol–water partition coefficient (Wildman–Crippen LogP) is 3.25. The monoisotopic (exact) mass is 313 g/mol. The molecule has 120 valence electrons. The van der Waals surface area contributed by atoms with Crippen molar-refractivity contribution in [1.29, 1.82) is 0 Å². The molecular weight excluding hydrogens is 286 g/mol. The molecule has 1 aliphatic rings. The Balaban J connectivity index is 2.18. The van der Waals surface area contributed by atoms with Gasteiger partial charge in [0.15, 0.2) is 0 Å². The van der Waals surface area contributed by atoms with Gasteiger partial charge in [-0.2, -0.15) is 5.10 Å². The van der Waals surface area contributed by atoms with E-state index in [2.05, 4.69) is 18.9 Å². The topological polar surface area (TPSA) is 53.1 Å². The molecule has 5 heteroatoms. The van der Waals surface area contributed by atoms with Gasteiger partial charge in [-0.25, -0.2) is 0 Å². The van der Waals surface area contributed by atoms with Crippen molar-refractivity contribution in [1.82, 2.24) is 9.78 Å². The lowest BCUT2D eigenvalue weighted by Crippen LogP contribution is -2.52. The van der Waals surface area contributed by atoms with Gasteiger partial charge in [-0.15, -0.1) is 0 Å². The van der Waals surface area contributed by atoms with Gasteiger partial charge in [-0.1, -0.05) is 37.8 Å². The van der Waals surface area contributed by atoms with Gasteiger partial charge in [-0.05, 0) is 26.2 Å². The highest BCUT2D eigenvalue weighted by atomic mass is 35.5. The molecule has 0 aromatic carbocycles. The van der Waals surface area contributed by atoms with Crippen molar-refractivity contribution in [2.24, 2.45) is 12.8 Å².